The van der Waals surface area contributed by atoms with Crippen LogP contribution in [0.4, 0.5) is 0 Å². The molecule has 0 radical (unpaired) electrons. The second kappa shape index (κ2) is 9.02. The molecule has 1 aromatic rings. The van der Waals surface area contributed by atoms with E-state index in [0.29, 0.717) is 12.8 Å². The molecule has 25 heavy (non-hydrogen) atoms. The van der Waals surface area contributed by atoms with Crippen LogP contribution in [0.1, 0.15) is 62.1 Å². The molecule has 0 aromatic heterocycles. The van der Waals surface area contributed by atoms with E-state index in [-0.39, 0.29) is 0 Å². The van der Waals surface area contributed by atoms with Crippen LogP contribution in [0.25, 0.3) is 0 Å². The standard InChI is InChI=1S/C21H30O4/c1-4-5-6-7-8-9-10-16-11-12-17-14-21(19(22)24-2,20(23)25-3)15-18(17)13-16/h11-13H,4-10,14-15H2,1-3H3. The highest BCUT2D eigenvalue weighted by Crippen LogP contribution is 2.39. The van der Waals surface area contributed by atoms with Gasteiger partial charge in [0.1, 0.15) is 0 Å². The van der Waals surface area contributed by atoms with Gasteiger partial charge in [0.05, 0.1) is 14.2 Å². The minimum atomic E-state index is -1.22. The van der Waals surface area contributed by atoms with Gasteiger partial charge in [-0.15, -0.1) is 0 Å². The van der Waals surface area contributed by atoms with E-state index in [4.69, 9.17) is 9.47 Å². The van der Waals surface area contributed by atoms with Crippen LogP contribution < -0.4 is 0 Å². The van der Waals surface area contributed by atoms with E-state index in [0.717, 1.165) is 17.5 Å². The first-order chi connectivity index (χ1) is 12.1. The maximum absolute atomic E-state index is 12.3. The Morgan fingerprint density at radius 3 is 2.16 bits per heavy atom. The number of carbonyl (C=O) groups excluding carboxylic acids is 2. The lowest BCUT2D eigenvalue weighted by Gasteiger charge is -2.22. The molecule has 4 nitrogen and oxygen atoms in total. The van der Waals surface area contributed by atoms with Crippen LogP contribution in [-0.4, -0.2) is 26.2 Å². The van der Waals surface area contributed by atoms with Crippen molar-refractivity contribution in [1.82, 2.24) is 0 Å². The molecular weight excluding hydrogens is 316 g/mol. The van der Waals surface area contributed by atoms with Crippen LogP contribution in [0.5, 0.6) is 0 Å². The number of hydrogen-bond donors (Lipinski definition) is 0. The lowest BCUT2D eigenvalue weighted by atomic mass is 9.85. The highest BCUT2D eigenvalue weighted by molar-refractivity contribution is 6.01. The first-order valence-corrected chi connectivity index (χ1v) is 9.35. The third-order valence-electron chi connectivity index (χ3n) is 5.23. The molecule has 0 fully saturated rings. The summed E-state index contributed by atoms with van der Waals surface area (Å²) in [5, 5.41) is 0. The van der Waals surface area contributed by atoms with Crippen molar-refractivity contribution >= 4 is 11.9 Å². The molecule has 0 saturated carbocycles. The number of rotatable bonds is 9. The zero-order valence-corrected chi connectivity index (χ0v) is 15.7. The number of unbranched alkanes of at least 4 members (excludes halogenated alkanes) is 5. The summed E-state index contributed by atoms with van der Waals surface area (Å²) in [6, 6.07) is 6.32. The fourth-order valence-corrected chi connectivity index (χ4v) is 3.76. The Morgan fingerprint density at radius 2 is 1.52 bits per heavy atom. The number of ether oxygens (including phenoxy) is 2. The summed E-state index contributed by atoms with van der Waals surface area (Å²) >= 11 is 0. The molecule has 0 amide bonds. The van der Waals surface area contributed by atoms with Gasteiger partial charge < -0.3 is 9.47 Å². The highest BCUT2D eigenvalue weighted by Gasteiger charge is 2.52. The van der Waals surface area contributed by atoms with Crippen LogP contribution in [0.2, 0.25) is 0 Å². The monoisotopic (exact) mass is 346 g/mol. The Labute approximate surface area is 150 Å². The number of carbonyl (C=O) groups is 2. The molecular formula is C21H30O4. The molecule has 1 aromatic carbocycles. The number of aryl methyl sites for hydroxylation is 1. The van der Waals surface area contributed by atoms with Gasteiger partial charge in [-0.05, 0) is 42.4 Å². The van der Waals surface area contributed by atoms with E-state index in [9.17, 15) is 9.59 Å². The van der Waals surface area contributed by atoms with E-state index in [1.165, 1.54) is 58.3 Å². The summed E-state index contributed by atoms with van der Waals surface area (Å²) in [6.07, 6.45) is 9.42. The first kappa shape index (κ1) is 19.5. The summed E-state index contributed by atoms with van der Waals surface area (Å²) in [6.45, 7) is 2.23. The number of methoxy groups -OCH3 is 2. The van der Waals surface area contributed by atoms with Crippen molar-refractivity contribution in [2.75, 3.05) is 14.2 Å². The fraction of sp³-hybridized carbons (Fsp3) is 0.619. The Bertz CT molecular complexity index is 590. The summed E-state index contributed by atoms with van der Waals surface area (Å²) in [4.78, 5) is 24.5. The van der Waals surface area contributed by atoms with Gasteiger partial charge in [0.25, 0.3) is 0 Å². The zero-order valence-electron chi connectivity index (χ0n) is 15.7. The first-order valence-electron chi connectivity index (χ1n) is 9.35. The summed E-state index contributed by atoms with van der Waals surface area (Å²) in [5.74, 6) is -1.01. The van der Waals surface area contributed by atoms with Crippen molar-refractivity contribution in [3.63, 3.8) is 0 Å². The summed E-state index contributed by atoms with van der Waals surface area (Å²) < 4.78 is 9.79. The number of benzene rings is 1. The van der Waals surface area contributed by atoms with Crippen molar-refractivity contribution in [3.05, 3.63) is 34.9 Å². The maximum Gasteiger partial charge on any atom is 0.323 e. The molecule has 0 heterocycles. The van der Waals surface area contributed by atoms with Gasteiger partial charge in [0.2, 0.25) is 0 Å². The minimum Gasteiger partial charge on any atom is -0.468 e. The van der Waals surface area contributed by atoms with Gasteiger partial charge in [-0.1, -0.05) is 57.2 Å². The average molecular weight is 346 g/mol. The second-order valence-corrected chi connectivity index (χ2v) is 7.04. The zero-order chi connectivity index (χ0) is 18.3. The van der Waals surface area contributed by atoms with Crippen molar-refractivity contribution in [2.24, 2.45) is 5.41 Å². The third kappa shape index (κ3) is 4.42. The van der Waals surface area contributed by atoms with Crippen molar-refractivity contribution in [2.45, 2.75) is 64.7 Å². The van der Waals surface area contributed by atoms with Gasteiger partial charge in [-0.3, -0.25) is 9.59 Å². The Kier molecular flexibility index (Phi) is 7.03. The van der Waals surface area contributed by atoms with Crippen LogP contribution in [0.15, 0.2) is 18.2 Å². The van der Waals surface area contributed by atoms with E-state index in [1.54, 1.807) is 0 Å². The molecule has 0 bridgehead atoms. The molecule has 0 unspecified atom stereocenters. The van der Waals surface area contributed by atoms with E-state index in [1.807, 2.05) is 0 Å². The largest absolute Gasteiger partial charge is 0.468 e. The van der Waals surface area contributed by atoms with E-state index < -0.39 is 17.4 Å². The predicted molar refractivity (Wildman–Crippen MR) is 97.4 cm³/mol. The average Bonchev–Trinajstić information content (AvgIpc) is 3.03. The summed E-state index contributed by atoms with van der Waals surface area (Å²) in [5.41, 5.74) is 2.17. The number of fused-ring (bicyclic) bond motifs is 1. The molecule has 1 aliphatic carbocycles. The van der Waals surface area contributed by atoms with E-state index in [2.05, 4.69) is 25.1 Å². The molecule has 0 aliphatic heterocycles. The number of esters is 2. The molecule has 1 aliphatic rings. The molecule has 2 rings (SSSR count). The van der Waals surface area contributed by atoms with Crippen LogP contribution >= 0.6 is 0 Å². The van der Waals surface area contributed by atoms with Gasteiger partial charge in [-0.25, -0.2) is 0 Å². The SMILES string of the molecule is CCCCCCCCc1ccc2c(c1)CC(C(=O)OC)(C(=O)OC)C2. The highest BCUT2D eigenvalue weighted by atomic mass is 16.5. The normalized spacial score (nSPS) is 14.8. The molecule has 0 spiro atoms. The maximum atomic E-state index is 12.3. The van der Waals surface area contributed by atoms with Crippen molar-refractivity contribution in [1.29, 1.82) is 0 Å². The molecule has 0 saturated heterocycles. The van der Waals surface area contributed by atoms with E-state index >= 15 is 0 Å². The molecule has 4 heteroatoms. The Hall–Kier alpha value is -1.84. The van der Waals surface area contributed by atoms with Crippen molar-refractivity contribution in [3.8, 4) is 0 Å². The fourth-order valence-electron chi connectivity index (χ4n) is 3.76. The van der Waals surface area contributed by atoms with Crippen LogP contribution in [-0.2, 0) is 38.3 Å². The van der Waals surface area contributed by atoms with Gasteiger partial charge in [0, 0.05) is 0 Å². The van der Waals surface area contributed by atoms with Gasteiger partial charge in [-0.2, -0.15) is 0 Å². The quantitative estimate of drug-likeness (QED) is 0.385. The topological polar surface area (TPSA) is 52.6 Å². The summed E-state index contributed by atoms with van der Waals surface area (Å²) in [7, 11) is 2.64. The van der Waals surface area contributed by atoms with Crippen LogP contribution in [0, 0.1) is 5.41 Å². The predicted octanol–water partition coefficient (Wildman–Crippen LogP) is 4.02. The molecule has 138 valence electrons. The third-order valence-corrected chi connectivity index (χ3v) is 5.23. The number of hydrogen-bond acceptors (Lipinski definition) is 4. The molecule has 0 atom stereocenters. The second-order valence-electron chi connectivity index (χ2n) is 7.04. The minimum absolute atomic E-state index is 0.360. The van der Waals surface area contributed by atoms with Crippen LogP contribution in [0.3, 0.4) is 0 Å². The van der Waals surface area contributed by atoms with Crippen molar-refractivity contribution < 1.29 is 19.1 Å². The Morgan fingerprint density at radius 1 is 0.920 bits per heavy atom. The molecule has 0 N–H and O–H groups in total. The van der Waals surface area contributed by atoms with Gasteiger partial charge in [0.15, 0.2) is 5.41 Å². The van der Waals surface area contributed by atoms with Gasteiger partial charge >= 0.3 is 11.9 Å². The Balaban J connectivity index is 2.01. The lowest BCUT2D eigenvalue weighted by molar-refractivity contribution is -0.168. The lowest BCUT2D eigenvalue weighted by Crippen LogP contribution is -2.42. The smallest absolute Gasteiger partial charge is 0.323 e.